The van der Waals surface area contributed by atoms with Crippen molar-refractivity contribution in [2.24, 2.45) is 23.7 Å². The summed E-state index contributed by atoms with van der Waals surface area (Å²) in [5, 5.41) is 18.0. The van der Waals surface area contributed by atoms with Crippen LogP contribution in [0.5, 0.6) is 0 Å². The molecule has 3 aromatic heterocycles. The van der Waals surface area contributed by atoms with Gasteiger partial charge in [-0.15, -0.1) is 0 Å². The van der Waals surface area contributed by atoms with E-state index in [1.807, 2.05) is 36.7 Å². The molecule has 4 atom stereocenters. The van der Waals surface area contributed by atoms with Crippen molar-refractivity contribution in [3.05, 3.63) is 66.6 Å². The van der Waals surface area contributed by atoms with Gasteiger partial charge in [0.25, 0.3) is 0 Å². The van der Waals surface area contributed by atoms with E-state index in [2.05, 4.69) is 39.7 Å². The maximum absolute atomic E-state index is 8.89. The van der Waals surface area contributed by atoms with Gasteiger partial charge in [0, 0.05) is 73.9 Å². The highest BCUT2D eigenvalue weighted by atomic mass is 35.5. The fourth-order valence-corrected chi connectivity index (χ4v) is 5.60. The Kier molecular flexibility index (Phi) is 8.05. The van der Waals surface area contributed by atoms with Gasteiger partial charge in [-0.1, -0.05) is 12.1 Å². The lowest BCUT2D eigenvalue weighted by molar-refractivity contribution is 0.425. The van der Waals surface area contributed by atoms with Crippen molar-refractivity contribution in [3.8, 4) is 11.1 Å². The first-order valence-electron chi connectivity index (χ1n) is 13.9. The lowest BCUT2D eigenvalue weighted by Crippen LogP contribution is -2.32. The molecule has 14 heteroatoms. The van der Waals surface area contributed by atoms with Crippen LogP contribution in [-0.2, 0) is 0 Å². The highest BCUT2D eigenvalue weighted by Gasteiger charge is 2.46. The quantitative estimate of drug-likeness (QED) is 0.154. The van der Waals surface area contributed by atoms with Gasteiger partial charge in [-0.05, 0) is 71.9 Å². The van der Waals surface area contributed by atoms with Crippen molar-refractivity contribution in [1.29, 1.82) is 0 Å². The van der Waals surface area contributed by atoms with Crippen LogP contribution in [0.1, 0.15) is 12.8 Å². The summed E-state index contributed by atoms with van der Waals surface area (Å²) < 4.78 is 0. The van der Waals surface area contributed by atoms with Gasteiger partial charge in [-0.2, -0.15) is 0 Å². The second kappa shape index (κ2) is 12.0. The highest BCUT2D eigenvalue weighted by molar-refractivity contribution is 6.58. The van der Waals surface area contributed by atoms with Crippen LogP contribution < -0.4 is 26.7 Å². The van der Waals surface area contributed by atoms with Crippen molar-refractivity contribution in [1.82, 2.24) is 29.9 Å². The van der Waals surface area contributed by atoms with Crippen molar-refractivity contribution >= 4 is 47.6 Å². The van der Waals surface area contributed by atoms with Crippen molar-refractivity contribution in [2.75, 3.05) is 47.4 Å². The third-order valence-corrected chi connectivity index (χ3v) is 8.17. The number of nitrogens with two attached hydrogens (primary N) is 2. The summed E-state index contributed by atoms with van der Waals surface area (Å²) in [5.74, 6) is 5.44. The number of halogens is 1. The summed E-state index contributed by atoms with van der Waals surface area (Å²) in [6, 6.07) is 9.39. The molecule has 2 saturated carbocycles. The minimum atomic E-state index is -1.48. The number of nitrogens with zero attached hydrogens (tertiary/aromatic N) is 8. The molecule has 2 aliphatic carbocycles. The fraction of sp³-hybridized carbons (Fsp3) is 0.357. The summed E-state index contributed by atoms with van der Waals surface area (Å²) in [5.41, 5.74) is 14.2. The number of fused-ring (bicyclic) bond motifs is 2. The molecule has 4 aliphatic rings. The lowest BCUT2D eigenvalue weighted by atomic mass is 9.83. The van der Waals surface area contributed by atoms with Crippen LogP contribution in [0.4, 0.5) is 23.4 Å². The SMILES string of the molecule is Nc1cccc(-c2cnc(N3CC4CC4C3)nc2)c1.Nc1ccnc(Cl)n1.OB(O)c1cnc(N2CC3CC3C2)nc1. The van der Waals surface area contributed by atoms with Gasteiger partial charge in [0.2, 0.25) is 17.2 Å². The van der Waals surface area contributed by atoms with Gasteiger partial charge < -0.3 is 31.3 Å². The molecular weight excluding hydrogens is 555 g/mol. The normalized spacial score (nSPS) is 22.6. The van der Waals surface area contributed by atoms with Crippen LogP contribution >= 0.6 is 11.6 Å². The molecule has 0 amide bonds. The van der Waals surface area contributed by atoms with Gasteiger partial charge >= 0.3 is 7.12 Å². The Hall–Kier alpha value is -4.07. The maximum atomic E-state index is 8.89. The van der Waals surface area contributed by atoms with Gasteiger partial charge in [0.1, 0.15) is 5.82 Å². The first-order valence-corrected chi connectivity index (χ1v) is 14.3. The minimum Gasteiger partial charge on any atom is -0.423 e. The molecule has 0 radical (unpaired) electrons. The molecule has 0 bridgehead atoms. The molecule has 12 nitrogen and oxygen atoms in total. The number of benzene rings is 1. The molecule has 0 spiro atoms. The van der Waals surface area contributed by atoms with Crippen LogP contribution in [0.25, 0.3) is 11.1 Å². The summed E-state index contributed by atoms with van der Waals surface area (Å²) in [6.45, 7) is 4.35. The molecule has 216 valence electrons. The number of rotatable bonds is 4. The summed E-state index contributed by atoms with van der Waals surface area (Å²) in [7, 11) is -1.48. The Morgan fingerprint density at radius 3 is 1.74 bits per heavy atom. The predicted octanol–water partition coefficient (Wildman–Crippen LogP) is 1.51. The van der Waals surface area contributed by atoms with E-state index in [4.69, 9.17) is 33.1 Å². The monoisotopic (exact) mass is 586 g/mol. The van der Waals surface area contributed by atoms with E-state index in [9.17, 15) is 0 Å². The van der Waals surface area contributed by atoms with E-state index < -0.39 is 7.12 Å². The van der Waals surface area contributed by atoms with Crippen LogP contribution in [-0.4, -0.2) is 73.2 Å². The van der Waals surface area contributed by atoms with E-state index in [-0.39, 0.29) is 5.28 Å². The molecule has 42 heavy (non-hydrogen) atoms. The topological polar surface area (TPSA) is 176 Å². The van der Waals surface area contributed by atoms with Gasteiger partial charge in [-0.3, -0.25) is 0 Å². The first-order chi connectivity index (χ1) is 20.3. The van der Waals surface area contributed by atoms with Crippen LogP contribution in [0, 0.1) is 23.7 Å². The van der Waals surface area contributed by atoms with E-state index in [0.717, 1.165) is 72.6 Å². The summed E-state index contributed by atoms with van der Waals surface area (Å²) >= 11 is 5.34. The van der Waals surface area contributed by atoms with Crippen molar-refractivity contribution in [3.63, 3.8) is 0 Å². The fourth-order valence-electron chi connectivity index (χ4n) is 5.45. The molecule has 4 unspecified atom stereocenters. The molecular formula is C28H32BClN10O2. The zero-order valence-corrected chi connectivity index (χ0v) is 23.7. The molecule has 4 aromatic rings. The second-order valence-corrected chi connectivity index (χ2v) is 11.5. The third-order valence-electron chi connectivity index (χ3n) is 7.99. The van der Waals surface area contributed by atoms with Gasteiger partial charge in [0.05, 0.1) is 0 Å². The Morgan fingerprint density at radius 1 is 0.738 bits per heavy atom. The standard InChI is InChI=1S/C15H16N4.C9H12BN3O2.C4H4ClN3/c16-14-3-1-2-10(5-14)13-6-17-15(18-7-13)19-8-11-4-12(11)9-19;14-10(15)8-2-11-9(12-3-8)13-4-6-1-7(6)5-13;5-4-7-2-1-3(6)8-4/h1-3,5-7,11-12H,4,8-9,16H2;2-3,6-7,14-15H,1,4-5H2;1-2H,(H2,6,7,8). The Morgan fingerprint density at radius 2 is 1.29 bits per heavy atom. The highest BCUT2D eigenvalue weighted by Crippen LogP contribution is 2.46. The Labute approximate surface area is 249 Å². The van der Waals surface area contributed by atoms with E-state index in [0.29, 0.717) is 17.2 Å². The van der Waals surface area contributed by atoms with Gasteiger partial charge in [-0.25, -0.2) is 29.9 Å². The summed E-state index contributed by atoms with van der Waals surface area (Å²) in [4.78, 5) is 28.9. The Bertz CT molecular complexity index is 1480. The molecule has 2 saturated heterocycles. The molecule has 5 heterocycles. The number of piperidine rings is 2. The number of aromatic nitrogens is 6. The number of nitrogen functional groups attached to an aromatic ring is 2. The molecule has 4 fully saturated rings. The van der Waals surface area contributed by atoms with E-state index >= 15 is 0 Å². The minimum absolute atomic E-state index is 0.185. The van der Waals surface area contributed by atoms with E-state index in [1.165, 1.54) is 31.4 Å². The molecule has 1 aromatic carbocycles. The largest absolute Gasteiger partial charge is 0.491 e. The van der Waals surface area contributed by atoms with E-state index in [1.54, 1.807) is 6.07 Å². The average Bonchev–Trinajstić information content (AvgIpc) is 3.83. The zero-order valence-electron chi connectivity index (χ0n) is 22.9. The predicted molar refractivity (Wildman–Crippen MR) is 163 cm³/mol. The average molecular weight is 587 g/mol. The Balaban J connectivity index is 0.000000122. The number of anilines is 4. The zero-order chi connectivity index (χ0) is 29.2. The molecule has 6 N–H and O–H groups in total. The molecule has 2 aliphatic heterocycles. The van der Waals surface area contributed by atoms with Crippen LogP contribution in [0.2, 0.25) is 5.28 Å². The van der Waals surface area contributed by atoms with Crippen LogP contribution in [0.15, 0.2) is 61.3 Å². The smallest absolute Gasteiger partial charge is 0.423 e. The van der Waals surface area contributed by atoms with Crippen LogP contribution in [0.3, 0.4) is 0 Å². The third kappa shape index (κ3) is 6.86. The number of hydrogen-bond donors (Lipinski definition) is 4. The first kappa shape index (κ1) is 28.1. The van der Waals surface area contributed by atoms with Gasteiger partial charge in [0.15, 0.2) is 0 Å². The summed E-state index contributed by atoms with van der Waals surface area (Å²) in [6.07, 6.45) is 11.0. The molecule has 8 rings (SSSR count). The maximum Gasteiger partial charge on any atom is 0.491 e. The lowest BCUT2D eigenvalue weighted by Gasteiger charge is -2.17. The number of hydrogen-bond acceptors (Lipinski definition) is 12. The van der Waals surface area contributed by atoms with Crippen molar-refractivity contribution in [2.45, 2.75) is 12.8 Å². The van der Waals surface area contributed by atoms with Crippen molar-refractivity contribution < 1.29 is 10.0 Å². The second-order valence-electron chi connectivity index (χ2n) is 11.2.